The number of piperazine rings is 1. The lowest BCUT2D eigenvalue weighted by molar-refractivity contribution is 0.00425. The van der Waals surface area contributed by atoms with Crippen LogP contribution in [0.25, 0.3) is 0 Å². The van der Waals surface area contributed by atoms with E-state index in [1.54, 1.807) is 0 Å². The molecule has 2 atom stereocenters. The van der Waals surface area contributed by atoms with Gasteiger partial charge in [0.1, 0.15) is 11.6 Å². The maximum absolute atomic E-state index is 14.3. The summed E-state index contributed by atoms with van der Waals surface area (Å²) in [6.45, 7) is 1.10. The molecule has 0 unspecified atom stereocenters. The second-order valence-corrected chi connectivity index (χ2v) is 8.68. The zero-order chi connectivity index (χ0) is 22.0. The third-order valence-electron chi connectivity index (χ3n) is 5.23. The predicted molar refractivity (Wildman–Crippen MR) is 116 cm³/mol. The number of halogens is 6. The lowest BCUT2D eigenvalue weighted by Gasteiger charge is -2.47. The normalized spacial score (nSPS) is 20.7. The quantitative estimate of drug-likeness (QED) is 0.551. The molecular formula is C20H20Cl4F2N2O2. The molecule has 1 fully saturated rings. The number of β-amino-alcohol motifs (C(OH)–C–C–N with tert-alkyl or cyclic N) is 2. The lowest BCUT2D eigenvalue weighted by Crippen LogP contribution is -2.51. The SMILES string of the molecule is OCCN1C[C@@H](c2cc(F)c(Cl)cc2Cl)N(CCO)[C@H](c2cc(F)c(Cl)cc2Cl)C1. The molecule has 0 aromatic heterocycles. The zero-order valence-corrected chi connectivity index (χ0v) is 18.8. The second kappa shape index (κ2) is 10.3. The zero-order valence-electron chi connectivity index (χ0n) is 15.8. The Hall–Kier alpha value is -0.700. The van der Waals surface area contributed by atoms with Crippen molar-refractivity contribution in [3.8, 4) is 0 Å². The van der Waals surface area contributed by atoms with Crippen molar-refractivity contribution in [2.45, 2.75) is 12.1 Å². The Bertz CT molecular complexity index is 851. The van der Waals surface area contributed by atoms with Crippen LogP contribution in [0, 0.1) is 11.6 Å². The topological polar surface area (TPSA) is 46.9 Å². The summed E-state index contributed by atoms with van der Waals surface area (Å²) in [5.41, 5.74) is 0.954. The van der Waals surface area contributed by atoms with E-state index in [9.17, 15) is 19.0 Å². The van der Waals surface area contributed by atoms with Gasteiger partial charge in [-0.1, -0.05) is 46.4 Å². The van der Waals surface area contributed by atoms with Crippen LogP contribution in [0.5, 0.6) is 0 Å². The number of aliphatic hydroxyl groups is 2. The molecule has 1 aliphatic heterocycles. The van der Waals surface area contributed by atoms with E-state index in [4.69, 9.17) is 46.4 Å². The molecule has 2 aromatic carbocycles. The van der Waals surface area contributed by atoms with Crippen LogP contribution in [-0.2, 0) is 0 Å². The first-order valence-electron chi connectivity index (χ1n) is 9.25. The summed E-state index contributed by atoms with van der Waals surface area (Å²) in [7, 11) is 0. The van der Waals surface area contributed by atoms with Crippen LogP contribution < -0.4 is 0 Å². The minimum absolute atomic E-state index is 0.0924. The van der Waals surface area contributed by atoms with Gasteiger partial charge in [0.15, 0.2) is 0 Å². The molecule has 0 saturated carbocycles. The van der Waals surface area contributed by atoms with E-state index in [0.29, 0.717) is 30.8 Å². The number of nitrogens with zero attached hydrogens (tertiary/aromatic N) is 2. The van der Waals surface area contributed by atoms with Crippen molar-refractivity contribution < 1.29 is 19.0 Å². The van der Waals surface area contributed by atoms with Gasteiger partial charge in [0.2, 0.25) is 0 Å². The predicted octanol–water partition coefficient (Wildman–Crippen LogP) is 4.96. The fourth-order valence-electron chi connectivity index (χ4n) is 3.88. The second-order valence-electron chi connectivity index (χ2n) is 7.05. The lowest BCUT2D eigenvalue weighted by atomic mass is 9.94. The molecule has 0 bridgehead atoms. The highest BCUT2D eigenvalue weighted by Gasteiger charge is 2.38. The minimum Gasteiger partial charge on any atom is -0.395 e. The summed E-state index contributed by atoms with van der Waals surface area (Å²) in [5.74, 6) is -1.24. The van der Waals surface area contributed by atoms with Crippen LogP contribution in [0.2, 0.25) is 20.1 Å². The van der Waals surface area contributed by atoms with Gasteiger partial charge in [0.25, 0.3) is 0 Å². The van der Waals surface area contributed by atoms with Crippen LogP contribution >= 0.6 is 46.4 Å². The van der Waals surface area contributed by atoms with E-state index in [-0.39, 0.29) is 39.8 Å². The van der Waals surface area contributed by atoms with Gasteiger partial charge in [-0.2, -0.15) is 0 Å². The summed E-state index contributed by atoms with van der Waals surface area (Å²) in [4.78, 5) is 3.85. The molecule has 2 aromatic rings. The summed E-state index contributed by atoms with van der Waals surface area (Å²) in [6.07, 6.45) is 0. The number of hydrogen-bond acceptors (Lipinski definition) is 4. The first-order chi connectivity index (χ1) is 14.3. The Kier molecular flexibility index (Phi) is 8.21. The Labute approximate surface area is 193 Å². The fourth-order valence-corrected chi connectivity index (χ4v) is 4.90. The minimum atomic E-state index is -0.619. The van der Waals surface area contributed by atoms with E-state index in [0.717, 1.165) is 0 Å². The van der Waals surface area contributed by atoms with Crippen molar-refractivity contribution in [3.63, 3.8) is 0 Å². The fraction of sp³-hybridized carbons (Fsp3) is 0.400. The third kappa shape index (κ3) is 5.03. The van der Waals surface area contributed by atoms with E-state index in [2.05, 4.69) is 0 Å². The standard InChI is InChI=1S/C20H20Cl4F2N2O2/c21-13-7-15(23)17(25)5-11(13)19-9-27(1-3-29)10-20(28(19)2-4-30)12-6-18(26)16(24)8-14(12)22/h5-8,19-20,29-30H,1-4,9-10H2/t19-,20-/m0/s1. The molecule has 0 aliphatic carbocycles. The first kappa shape index (κ1) is 24.0. The number of benzene rings is 2. The summed E-state index contributed by atoms with van der Waals surface area (Å²) in [5, 5.41) is 19.5. The van der Waals surface area contributed by atoms with Crippen molar-refractivity contribution in [3.05, 3.63) is 67.1 Å². The Morgan fingerprint density at radius 1 is 0.733 bits per heavy atom. The molecule has 10 heteroatoms. The maximum atomic E-state index is 14.3. The van der Waals surface area contributed by atoms with Crippen LogP contribution in [0.3, 0.4) is 0 Å². The average molecular weight is 500 g/mol. The summed E-state index contributed by atoms with van der Waals surface area (Å²) < 4.78 is 28.5. The van der Waals surface area contributed by atoms with Gasteiger partial charge in [0.05, 0.1) is 23.3 Å². The molecule has 0 spiro atoms. The molecule has 30 heavy (non-hydrogen) atoms. The molecule has 0 radical (unpaired) electrons. The van der Waals surface area contributed by atoms with E-state index < -0.39 is 23.7 Å². The molecule has 4 nitrogen and oxygen atoms in total. The molecule has 1 aliphatic rings. The smallest absolute Gasteiger partial charge is 0.142 e. The number of hydrogen-bond donors (Lipinski definition) is 2. The molecule has 3 rings (SSSR count). The highest BCUT2D eigenvalue weighted by Crippen LogP contribution is 2.42. The number of rotatable bonds is 6. The van der Waals surface area contributed by atoms with Crippen LogP contribution in [0.1, 0.15) is 23.2 Å². The van der Waals surface area contributed by atoms with Crippen molar-refractivity contribution in [2.75, 3.05) is 39.4 Å². The van der Waals surface area contributed by atoms with Gasteiger partial charge in [-0.05, 0) is 35.4 Å². The van der Waals surface area contributed by atoms with Crippen molar-refractivity contribution in [1.82, 2.24) is 9.80 Å². The molecular weight excluding hydrogens is 480 g/mol. The van der Waals surface area contributed by atoms with Crippen LogP contribution in [-0.4, -0.2) is 59.4 Å². The molecule has 0 amide bonds. The van der Waals surface area contributed by atoms with E-state index >= 15 is 0 Å². The number of aliphatic hydroxyl groups excluding tert-OH is 2. The largest absolute Gasteiger partial charge is 0.395 e. The highest BCUT2D eigenvalue weighted by molar-refractivity contribution is 6.35. The van der Waals surface area contributed by atoms with E-state index in [1.807, 2.05) is 9.80 Å². The molecule has 2 N–H and O–H groups in total. The highest BCUT2D eigenvalue weighted by atomic mass is 35.5. The Morgan fingerprint density at radius 2 is 1.17 bits per heavy atom. The Balaban J connectivity index is 2.12. The third-order valence-corrected chi connectivity index (χ3v) is 6.47. The maximum Gasteiger partial charge on any atom is 0.142 e. The molecule has 1 saturated heterocycles. The van der Waals surface area contributed by atoms with Crippen molar-refractivity contribution in [1.29, 1.82) is 0 Å². The van der Waals surface area contributed by atoms with Gasteiger partial charge >= 0.3 is 0 Å². The average Bonchev–Trinajstić information content (AvgIpc) is 2.69. The van der Waals surface area contributed by atoms with Crippen molar-refractivity contribution in [2.24, 2.45) is 0 Å². The van der Waals surface area contributed by atoms with Gasteiger partial charge in [-0.15, -0.1) is 0 Å². The van der Waals surface area contributed by atoms with Gasteiger partial charge < -0.3 is 10.2 Å². The van der Waals surface area contributed by atoms with Gasteiger partial charge in [0, 0.05) is 48.3 Å². The van der Waals surface area contributed by atoms with Crippen molar-refractivity contribution >= 4 is 46.4 Å². The van der Waals surface area contributed by atoms with Gasteiger partial charge in [-0.3, -0.25) is 9.80 Å². The van der Waals surface area contributed by atoms with Crippen LogP contribution in [0.15, 0.2) is 24.3 Å². The summed E-state index contributed by atoms with van der Waals surface area (Å²) in [6, 6.07) is 4.28. The molecule has 1 heterocycles. The monoisotopic (exact) mass is 498 g/mol. The van der Waals surface area contributed by atoms with Gasteiger partial charge in [-0.25, -0.2) is 8.78 Å². The molecule has 164 valence electrons. The Morgan fingerprint density at radius 3 is 1.57 bits per heavy atom. The summed E-state index contributed by atoms with van der Waals surface area (Å²) >= 11 is 24.5. The van der Waals surface area contributed by atoms with Crippen LogP contribution in [0.4, 0.5) is 8.78 Å². The first-order valence-corrected chi connectivity index (χ1v) is 10.8. The van der Waals surface area contributed by atoms with E-state index in [1.165, 1.54) is 24.3 Å².